The molecule has 7 nitrogen and oxygen atoms in total. The number of nitrogens with one attached hydrogen (secondary N) is 2. The number of oxazole rings is 1. The van der Waals surface area contributed by atoms with Crippen LogP contribution >= 0.6 is 11.8 Å². The van der Waals surface area contributed by atoms with Gasteiger partial charge in [-0.25, -0.2) is 4.98 Å². The topological polar surface area (TPSA) is 97.4 Å². The lowest BCUT2D eigenvalue weighted by molar-refractivity contribution is -0.117. The summed E-state index contributed by atoms with van der Waals surface area (Å²) in [6.07, 6.45) is 1.52. The van der Waals surface area contributed by atoms with Crippen molar-refractivity contribution in [2.45, 2.75) is 16.2 Å². The maximum atomic E-state index is 13.6. The Bertz CT molecular complexity index is 1790. The van der Waals surface area contributed by atoms with Gasteiger partial charge in [-0.15, -0.1) is 0 Å². The molecule has 0 spiro atoms. The summed E-state index contributed by atoms with van der Waals surface area (Å²) in [6, 6.07) is 39.7. The van der Waals surface area contributed by atoms with Crippen LogP contribution in [0.5, 0.6) is 0 Å². The van der Waals surface area contributed by atoms with Crippen LogP contribution in [0.4, 0.5) is 0 Å². The Morgan fingerprint density at radius 3 is 2.05 bits per heavy atom. The third-order valence-corrected chi connectivity index (χ3v) is 7.52. The fourth-order valence-corrected chi connectivity index (χ4v) is 5.34. The van der Waals surface area contributed by atoms with E-state index in [9.17, 15) is 9.59 Å². The Kier molecular flexibility index (Phi) is 8.47. The summed E-state index contributed by atoms with van der Waals surface area (Å²) < 4.78 is 11.8. The highest BCUT2D eigenvalue weighted by atomic mass is 32.2. The van der Waals surface area contributed by atoms with Gasteiger partial charge in [-0.1, -0.05) is 91.0 Å². The number of hydrogen-bond acceptors (Lipinski definition) is 6. The van der Waals surface area contributed by atoms with Crippen molar-refractivity contribution in [1.82, 2.24) is 15.6 Å². The van der Waals surface area contributed by atoms with Gasteiger partial charge in [0.05, 0.1) is 0 Å². The van der Waals surface area contributed by atoms with E-state index < -0.39 is 11.8 Å². The van der Waals surface area contributed by atoms with Gasteiger partial charge in [-0.3, -0.25) is 9.59 Å². The van der Waals surface area contributed by atoms with Gasteiger partial charge < -0.3 is 19.5 Å². The number of carbonyl (C=O) groups is 2. The second kappa shape index (κ2) is 13.1. The summed E-state index contributed by atoms with van der Waals surface area (Å²) in [6.45, 7) is 0.322. The SMILES string of the molecule is O=C(NCC(c1ccccc1)c1ccccc1)C(=Cc1ccc(Sc2nc3ccccc3o2)o1)NC(=O)c1ccccc1. The largest absolute Gasteiger partial charge is 0.450 e. The minimum Gasteiger partial charge on any atom is -0.450 e. The van der Waals surface area contributed by atoms with Crippen molar-refractivity contribution in [2.24, 2.45) is 0 Å². The molecule has 212 valence electrons. The highest BCUT2D eigenvalue weighted by molar-refractivity contribution is 7.99. The standard InChI is InChI=1S/C35H27N3O4S/c39-33(26-16-8-3-9-17-26)37-30(22-27-20-21-32(41-27)43-35-38-29-18-10-11-19-31(29)42-35)34(40)36-23-28(24-12-4-1-5-13-24)25-14-6-2-7-15-25/h1-22,28H,23H2,(H,36,40)(H,37,39). The molecule has 0 unspecified atom stereocenters. The lowest BCUT2D eigenvalue weighted by Gasteiger charge is -2.19. The van der Waals surface area contributed by atoms with E-state index in [1.165, 1.54) is 17.8 Å². The molecule has 0 fully saturated rings. The van der Waals surface area contributed by atoms with E-state index in [0.717, 1.165) is 16.6 Å². The first-order valence-electron chi connectivity index (χ1n) is 13.7. The Hall–Kier alpha value is -5.34. The average Bonchev–Trinajstić information content (AvgIpc) is 3.68. The molecule has 6 rings (SSSR count). The van der Waals surface area contributed by atoms with Crippen LogP contribution in [-0.2, 0) is 4.79 Å². The molecule has 0 aliphatic rings. The molecule has 2 N–H and O–H groups in total. The molecule has 6 aromatic rings. The van der Waals surface area contributed by atoms with E-state index in [-0.39, 0.29) is 11.6 Å². The Balaban J connectivity index is 1.24. The van der Waals surface area contributed by atoms with E-state index in [1.54, 1.807) is 36.4 Å². The Labute approximate surface area is 252 Å². The van der Waals surface area contributed by atoms with E-state index >= 15 is 0 Å². The number of amides is 2. The minimum atomic E-state index is -0.439. The van der Waals surface area contributed by atoms with Gasteiger partial charge in [0.25, 0.3) is 17.0 Å². The van der Waals surface area contributed by atoms with E-state index in [1.807, 2.05) is 91.0 Å². The monoisotopic (exact) mass is 585 g/mol. The molecule has 43 heavy (non-hydrogen) atoms. The zero-order valence-corrected chi connectivity index (χ0v) is 23.8. The van der Waals surface area contributed by atoms with Gasteiger partial charge >= 0.3 is 0 Å². The highest BCUT2D eigenvalue weighted by Crippen LogP contribution is 2.31. The number of aromatic nitrogens is 1. The molecule has 0 aliphatic carbocycles. The van der Waals surface area contributed by atoms with Crippen molar-refractivity contribution in [3.8, 4) is 0 Å². The van der Waals surface area contributed by atoms with Crippen molar-refractivity contribution in [1.29, 1.82) is 0 Å². The quantitative estimate of drug-likeness (QED) is 0.164. The van der Waals surface area contributed by atoms with Crippen molar-refractivity contribution in [2.75, 3.05) is 6.54 Å². The number of benzene rings is 4. The molecule has 2 heterocycles. The maximum absolute atomic E-state index is 13.6. The first kappa shape index (κ1) is 27.8. The summed E-state index contributed by atoms with van der Waals surface area (Å²) in [5.74, 6) is -0.539. The number of rotatable bonds is 10. The number of fused-ring (bicyclic) bond motifs is 1. The molecule has 0 bridgehead atoms. The minimum absolute atomic E-state index is 0.0569. The summed E-state index contributed by atoms with van der Waals surface area (Å²) in [7, 11) is 0. The first-order valence-corrected chi connectivity index (χ1v) is 14.5. The van der Waals surface area contributed by atoms with E-state index in [0.29, 0.717) is 33.8 Å². The molecule has 0 atom stereocenters. The van der Waals surface area contributed by atoms with Crippen molar-refractivity contribution < 1.29 is 18.4 Å². The van der Waals surface area contributed by atoms with Gasteiger partial charge in [0.1, 0.15) is 17.0 Å². The van der Waals surface area contributed by atoms with Crippen LogP contribution in [0.3, 0.4) is 0 Å². The molecule has 0 saturated heterocycles. The Morgan fingerprint density at radius 1 is 0.744 bits per heavy atom. The second-order valence-corrected chi connectivity index (χ2v) is 10.6. The van der Waals surface area contributed by atoms with Crippen LogP contribution in [0.15, 0.2) is 152 Å². The zero-order valence-electron chi connectivity index (χ0n) is 23.0. The number of carbonyl (C=O) groups excluding carboxylic acids is 2. The Morgan fingerprint density at radius 2 is 1.37 bits per heavy atom. The van der Waals surface area contributed by atoms with Gasteiger partial charge in [0.15, 0.2) is 10.7 Å². The molecule has 0 saturated carbocycles. The van der Waals surface area contributed by atoms with Crippen molar-refractivity contribution >= 4 is 40.8 Å². The van der Waals surface area contributed by atoms with Crippen LogP contribution in [0.1, 0.15) is 33.2 Å². The van der Waals surface area contributed by atoms with Crippen LogP contribution in [0, 0.1) is 0 Å². The summed E-state index contributed by atoms with van der Waals surface area (Å²) in [5, 5.41) is 6.77. The van der Waals surface area contributed by atoms with E-state index in [2.05, 4.69) is 15.6 Å². The van der Waals surface area contributed by atoms with Crippen molar-refractivity contribution in [3.63, 3.8) is 0 Å². The smallest absolute Gasteiger partial charge is 0.267 e. The second-order valence-electron chi connectivity index (χ2n) is 9.67. The predicted molar refractivity (Wildman–Crippen MR) is 166 cm³/mol. The molecule has 2 aromatic heterocycles. The third kappa shape index (κ3) is 6.94. The summed E-state index contributed by atoms with van der Waals surface area (Å²) in [4.78, 5) is 31.2. The molecule has 8 heteroatoms. The van der Waals surface area contributed by atoms with Crippen LogP contribution < -0.4 is 10.6 Å². The predicted octanol–water partition coefficient (Wildman–Crippen LogP) is 7.29. The van der Waals surface area contributed by atoms with Crippen LogP contribution in [-0.4, -0.2) is 23.3 Å². The highest BCUT2D eigenvalue weighted by Gasteiger charge is 2.20. The summed E-state index contributed by atoms with van der Waals surface area (Å²) >= 11 is 1.23. The lowest BCUT2D eigenvalue weighted by atomic mass is 9.91. The number of furan rings is 1. The van der Waals surface area contributed by atoms with Gasteiger partial charge in [0, 0.05) is 35.9 Å². The molecular weight excluding hydrogens is 558 g/mol. The molecule has 2 amide bonds. The molecular formula is C35H27N3O4S. The molecule has 0 radical (unpaired) electrons. The normalized spacial score (nSPS) is 11.5. The number of para-hydroxylation sites is 2. The van der Waals surface area contributed by atoms with Crippen molar-refractivity contribution in [3.05, 3.63) is 156 Å². The molecule has 0 aliphatic heterocycles. The van der Waals surface area contributed by atoms with Crippen LogP contribution in [0.2, 0.25) is 0 Å². The first-order chi connectivity index (χ1) is 21.1. The maximum Gasteiger partial charge on any atom is 0.267 e. The lowest BCUT2D eigenvalue weighted by Crippen LogP contribution is -2.37. The average molecular weight is 586 g/mol. The fourth-order valence-electron chi connectivity index (χ4n) is 4.62. The van der Waals surface area contributed by atoms with Gasteiger partial charge in [-0.05, 0) is 47.5 Å². The van der Waals surface area contributed by atoms with E-state index in [4.69, 9.17) is 8.83 Å². The zero-order chi connectivity index (χ0) is 29.4. The molecule has 4 aromatic carbocycles. The third-order valence-electron chi connectivity index (χ3n) is 6.75. The van der Waals surface area contributed by atoms with Gasteiger partial charge in [-0.2, -0.15) is 0 Å². The fraction of sp³-hybridized carbons (Fsp3) is 0.0571. The number of nitrogens with zero attached hydrogens (tertiary/aromatic N) is 1. The summed E-state index contributed by atoms with van der Waals surface area (Å²) in [5.41, 5.74) is 4.06. The van der Waals surface area contributed by atoms with Crippen LogP contribution in [0.25, 0.3) is 17.2 Å². The number of hydrogen-bond donors (Lipinski definition) is 2. The van der Waals surface area contributed by atoms with Gasteiger partial charge in [0.2, 0.25) is 0 Å².